The van der Waals surface area contributed by atoms with E-state index in [1.165, 1.54) is 0 Å². The summed E-state index contributed by atoms with van der Waals surface area (Å²) in [5, 5.41) is 1.06. The van der Waals surface area contributed by atoms with Gasteiger partial charge in [0.15, 0.2) is 0 Å². The zero-order valence-electron chi connectivity index (χ0n) is 5.66. The molecule has 0 aliphatic rings. The molecule has 0 saturated heterocycles. The van der Waals surface area contributed by atoms with Crippen molar-refractivity contribution in [2.45, 2.75) is 6.92 Å². The summed E-state index contributed by atoms with van der Waals surface area (Å²) in [6, 6.07) is 5.88. The molecule has 2 aromatic rings. The number of furan rings is 1. The molecule has 0 aliphatic heterocycles. The van der Waals surface area contributed by atoms with E-state index >= 15 is 0 Å². The number of hydrogen-bond donors (Lipinski definition) is 0. The molecule has 0 radical (unpaired) electrons. The monoisotopic (exact) mass is 133 g/mol. The minimum absolute atomic E-state index is 0.722. The summed E-state index contributed by atoms with van der Waals surface area (Å²) in [6.07, 6.45) is 1.65. The van der Waals surface area contributed by atoms with Gasteiger partial charge >= 0.3 is 0 Å². The van der Waals surface area contributed by atoms with E-state index in [1.54, 1.807) is 6.26 Å². The fourth-order valence-electron chi connectivity index (χ4n) is 0.937. The first-order valence-corrected chi connectivity index (χ1v) is 3.17. The van der Waals surface area contributed by atoms with Gasteiger partial charge in [-0.15, -0.1) is 0 Å². The summed E-state index contributed by atoms with van der Waals surface area (Å²) < 4.78 is 5.09. The Labute approximate surface area is 58.5 Å². The Bertz CT molecular complexity index is 351. The van der Waals surface area contributed by atoms with Gasteiger partial charge in [0.1, 0.15) is 0 Å². The summed E-state index contributed by atoms with van der Waals surface area (Å²) in [4.78, 5) is 4.17. The fraction of sp³-hybridized carbons (Fsp3) is 0.125. The number of rotatable bonds is 0. The molecule has 0 bridgehead atoms. The van der Waals surface area contributed by atoms with Crippen molar-refractivity contribution < 1.29 is 4.42 Å². The molecule has 0 aromatic carbocycles. The molecule has 0 unspecified atom stereocenters. The summed E-state index contributed by atoms with van der Waals surface area (Å²) in [5.41, 5.74) is 1.71. The molecule has 0 aliphatic carbocycles. The second kappa shape index (κ2) is 1.84. The van der Waals surface area contributed by atoms with Crippen molar-refractivity contribution in [3.05, 3.63) is 30.2 Å². The molecule has 2 nitrogen and oxygen atoms in total. The van der Waals surface area contributed by atoms with Crippen molar-refractivity contribution in [2.75, 3.05) is 0 Å². The van der Waals surface area contributed by atoms with Crippen LogP contribution in [0.15, 0.2) is 28.9 Å². The van der Waals surface area contributed by atoms with Gasteiger partial charge in [0.2, 0.25) is 5.71 Å². The standard InChI is InChI=1S/C8H7NO/c1-6-2-3-7-4-5-10-8(7)9-6/h2-5H,1H3. The lowest BCUT2D eigenvalue weighted by molar-refractivity contribution is 0.602. The SMILES string of the molecule is Cc1ccc2ccoc2n1. The Hall–Kier alpha value is -1.31. The van der Waals surface area contributed by atoms with Gasteiger partial charge in [-0.2, -0.15) is 0 Å². The maximum atomic E-state index is 5.09. The second-order valence-electron chi connectivity index (χ2n) is 2.27. The molecular formula is C8H7NO. The highest BCUT2D eigenvalue weighted by molar-refractivity contribution is 5.72. The van der Waals surface area contributed by atoms with E-state index in [0.717, 1.165) is 16.8 Å². The first-order valence-electron chi connectivity index (χ1n) is 3.17. The van der Waals surface area contributed by atoms with Gasteiger partial charge in [-0.05, 0) is 25.1 Å². The zero-order valence-corrected chi connectivity index (χ0v) is 5.66. The molecule has 0 fully saturated rings. The number of nitrogens with zero attached hydrogens (tertiary/aromatic N) is 1. The average molecular weight is 133 g/mol. The lowest BCUT2D eigenvalue weighted by Crippen LogP contribution is -1.76. The Morgan fingerprint density at radius 2 is 2.20 bits per heavy atom. The van der Waals surface area contributed by atoms with Crippen LogP contribution in [-0.4, -0.2) is 4.98 Å². The van der Waals surface area contributed by atoms with Gasteiger partial charge in [0.05, 0.1) is 6.26 Å². The third-order valence-electron chi connectivity index (χ3n) is 1.46. The van der Waals surface area contributed by atoms with Crippen LogP contribution in [0, 0.1) is 6.92 Å². The molecule has 0 amide bonds. The lowest BCUT2D eigenvalue weighted by Gasteiger charge is -1.88. The molecule has 2 aromatic heterocycles. The van der Waals surface area contributed by atoms with E-state index in [-0.39, 0.29) is 0 Å². The number of aryl methyl sites for hydroxylation is 1. The smallest absolute Gasteiger partial charge is 0.226 e. The highest BCUT2D eigenvalue weighted by Gasteiger charge is 1.95. The van der Waals surface area contributed by atoms with E-state index in [1.807, 2.05) is 25.1 Å². The van der Waals surface area contributed by atoms with E-state index in [9.17, 15) is 0 Å². The van der Waals surface area contributed by atoms with Crippen LogP contribution in [0.2, 0.25) is 0 Å². The third kappa shape index (κ3) is 0.692. The molecule has 2 heteroatoms. The summed E-state index contributed by atoms with van der Waals surface area (Å²) in [6.45, 7) is 1.95. The maximum Gasteiger partial charge on any atom is 0.226 e. The Kier molecular flexibility index (Phi) is 1.01. The Morgan fingerprint density at radius 3 is 3.10 bits per heavy atom. The minimum Gasteiger partial charge on any atom is -0.446 e. The number of fused-ring (bicyclic) bond motifs is 1. The number of hydrogen-bond acceptors (Lipinski definition) is 2. The van der Waals surface area contributed by atoms with Gasteiger partial charge in [-0.1, -0.05) is 0 Å². The normalized spacial score (nSPS) is 10.5. The minimum atomic E-state index is 0.722. The third-order valence-corrected chi connectivity index (χ3v) is 1.46. The van der Waals surface area contributed by atoms with Crippen LogP contribution in [0.5, 0.6) is 0 Å². The summed E-state index contributed by atoms with van der Waals surface area (Å²) in [5.74, 6) is 0. The molecule has 10 heavy (non-hydrogen) atoms. The van der Waals surface area contributed by atoms with Crippen LogP contribution < -0.4 is 0 Å². The van der Waals surface area contributed by atoms with Crippen LogP contribution in [0.25, 0.3) is 11.1 Å². The molecule has 0 atom stereocenters. The first kappa shape index (κ1) is 5.47. The summed E-state index contributed by atoms with van der Waals surface area (Å²) >= 11 is 0. The summed E-state index contributed by atoms with van der Waals surface area (Å²) in [7, 11) is 0. The topological polar surface area (TPSA) is 26.0 Å². The average Bonchev–Trinajstić information content (AvgIpc) is 2.33. The second-order valence-corrected chi connectivity index (χ2v) is 2.27. The molecular weight excluding hydrogens is 126 g/mol. The highest BCUT2D eigenvalue weighted by atomic mass is 16.3. The Morgan fingerprint density at radius 1 is 1.30 bits per heavy atom. The zero-order chi connectivity index (χ0) is 6.97. The van der Waals surface area contributed by atoms with Crippen LogP contribution >= 0.6 is 0 Å². The van der Waals surface area contributed by atoms with E-state index in [0.29, 0.717) is 0 Å². The maximum absolute atomic E-state index is 5.09. The fourth-order valence-corrected chi connectivity index (χ4v) is 0.937. The van der Waals surface area contributed by atoms with Crippen LogP contribution in [0.1, 0.15) is 5.69 Å². The number of pyridine rings is 1. The van der Waals surface area contributed by atoms with Gasteiger partial charge in [0, 0.05) is 11.1 Å². The molecule has 0 saturated carbocycles. The van der Waals surface area contributed by atoms with Crippen molar-refractivity contribution in [3.63, 3.8) is 0 Å². The predicted octanol–water partition coefficient (Wildman–Crippen LogP) is 2.14. The van der Waals surface area contributed by atoms with Crippen molar-refractivity contribution in [1.82, 2.24) is 4.98 Å². The lowest BCUT2D eigenvalue weighted by atomic mass is 10.3. The van der Waals surface area contributed by atoms with Crippen molar-refractivity contribution in [3.8, 4) is 0 Å². The molecule has 2 rings (SSSR count). The Balaban J connectivity index is 2.86. The van der Waals surface area contributed by atoms with Gasteiger partial charge in [0.25, 0.3) is 0 Å². The van der Waals surface area contributed by atoms with E-state index in [2.05, 4.69) is 4.98 Å². The van der Waals surface area contributed by atoms with Crippen LogP contribution in [0.3, 0.4) is 0 Å². The van der Waals surface area contributed by atoms with E-state index < -0.39 is 0 Å². The predicted molar refractivity (Wildman–Crippen MR) is 38.7 cm³/mol. The molecule has 2 heterocycles. The molecule has 0 N–H and O–H groups in total. The largest absolute Gasteiger partial charge is 0.446 e. The quantitative estimate of drug-likeness (QED) is 0.550. The molecule has 0 spiro atoms. The van der Waals surface area contributed by atoms with E-state index in [4.69, 9.17) is 4.42 Å². The van der Waals surface area contributed by atoms with Crippen molar-refractivity contribution >= 4 is 11.1 Å². The first-order chi connectivity index (χ1) is 4.86. The van der Waals surface area contributed by atoms with Gasteiger partial charge < -0.3 is 4.42 Å². The number of aromatic nitrogens is 1. The molecule has 50 valence electrons. The van der Waals surface area contributed by atoms with Crippen LogP contribution in [-0.2, 0) is 0 Å². The van der Waals surface area contributed by atoms with Gasteiger partial charge in [-0.3, -0.25) is 0 Å². The highest BCUT2D eigenvalue weighted by Crippen LogP contribution is 2.11. The van der Waals surface area contributed by atoms with Crippen LogP contribution in [0.4, 0.5) is 0 Å². The van der Waals surface area contributed by atoms with Crippen molar-refractivity contribution in [2.24, 2.45) is 0 Å². The van der Waals surface area contributed by atoms with Gasteiger partial charge in [-0.25, -0.2) is 4.98 Å². The van der Waals surface area contributed by atoms with Crippen molar-refractivity contribution in [1.29, 1.82) is 0 Å².